The highest BCUT2D eigenvalue weighted by Crippen LogP contribution is 2.20. The minimum Gasteiger partial charge on any atom is -0.351 e. The van der Waals surface area contributed by atoms with Crippen LogP contribution in [0.2, 0.25) is 0 Å². The molecule has 1 atom stereocenters. The van der Waals surface area contributed by atoms with Crippen molar-refractivity contribution in [1.82, 2.24) is 9.62 Å². The van der Waals surface area contributed by atoms with E-state index < -0.39 is 15.8 Å². The number of benzene rings is 1. The van der Waals surface area contributed by atoms with E-state index >= 15 is 0 Å². The van der Waals surface area contributed by atoms with Crippen LogP contribution in [0, 0.1) is 5.82 Å². The van der Waals surface area contributed by atoms with E-state index in [9.17, 15) is 17.6 Å². The van der Waals surface area contributed by atoms with Gasteiger partial charge in [0.1, 0.15) is 10.7 Å². The lowest BCUT2D eigenvalue weighted by Crippen LogP contribution is -3.19. The fraction of sp³-hybridized carbons (Fsp3) is 0.571. The zero-order valence-corrected chi connectivity index (χ0v) is 17.8. The molecule has 29 heavy (non-hydrogen) atoms. The number of nitrogens with zero attached hydrogens (tertiary/aromatic N) is 1. The van der Waals surface area contributed by atoms with Crippen molar-refractivity contribution >= 4 is 15.9 Å². The van der Waals surface area contributed by atoms with Gasteiger partial charge in [0, 0.05) is 6.54 Å². The smallest absolute Gasteiger partial charge is 0.278 e. The van der Waals surface area contributed by atoms with Gasteiger partial charge in [0.25, 0.3) is 5.91 Å². The molecular weight excluding hydrogens is 393 g/mol. The van der Waals surface area contributed by atoms with Crippen LogP contribution in [-0.4, -0.2) is 57.4 Å². The van der Waals surface area contributed by atoms with Crippen molar-refractivity contribution in [2.75, 3.05) is 32.7 Å². The summed E-state index contributed by atoms with van der Waals surface area (Å²) in [6.45, 7) is 4.12. The maximum absolute atomic E-state index is 13.9. The molecule has 1 amide bonds. The molecule has 8 heteroatoms. The summed E-state index contributed by atoms with van der Waals surface area (Å²) in [4.78, 5) is 13.3. The summed E-state index contributed by atoms with van der Waals surface area (Å²) in [6.07, 6.45) is 7.97. The summed E-state index contributed by atoms with van der Waals surface area (Å²) in [5, 5.41) is 3.02. The molecule has 0 unspecified atom stereocenters. The third-order valence-corrected chi connectivity index (χ3v) is 7.89. The van der Waals surface area contributed by atoms with Gasteiger partial charge in [0.15, 0.2) is 6.04 Å². The average molecular weight is 425 g/mol. The van der Waals surface area contributed by atoms with Crippen molar-refractivity contribution < 1.29 is 22.5 Å². The van der Waals surface area contributed by atoms with Gasteiger partial charge in [0.2, 0.25) is 10.0 Å². The van der Waals surface area contributed by atoms with Crippen LogP contribution in [0.4, 0.5) is 4.39 Å². The minimum atomic E-state index is -3.85. The number of hydrogen-bond acceptors (Lipinski definition) is 3. The number of quaternary nitrogens is 1. The Balaban J connectivity index is 1.48. The highest BCUT2D eigenvalue weighted by atomic mass is 32.2. The molecule has 0 bridgehead atoms. The molecule has 1 aliphatic carbocycles. The normalized spacial score (nSPS) is 20.1. The number of hydrogen-bond donors (Lipinski definition) is 2. The number of allylic oxidation sites excluding steroid dienone is 1. The minimum absolute atomic E-state index is 0.00169. The summed E-state index contributed by atoms with van der Waals surface area (Å²) >= 11 is 0. The lowest BCUT2D eigenvalue weighted by atomic mass is 9.97. The quantitative estimate of drug-likeness (QED) is 0.645. The number of piperazine rings is 1. The Kier molecular flexibility index (Phi) is 7.43. The van der Waals surface area contributed by atoms with Gasteiger partial charge in [-0.15, -0.1) is 0 Å². The molecule has 2 N–H and O–H groups in total. The molecule has 1 heterocycles. The SMILES string of the molecule is C[C@@H](C(=O)NCCC1=CCCCC1)[NH+]1CCN(S(=O)(=O)c2ccccc2F)CC1. The standard InChI is InChI=1S/C21H30FN3O3S/c1-17(21(26)23-12-11-18-7-3-2-4-8-18)24-13-15-25(16-14-24)29(27,28)20-10-6-5-9-19(20)22/h5-7,9-10,17H,2-4,8,11-16H2,1H3,(H,23,26)/p+1/t17-/m0/s1. The number of nitrogens with one attached hydrogen (secondary N) is 2. The molecule has 1 aromatic carbocycles. The maximum atomic E-state index is 13.9. The second-order valence-electron chi connectivity index (χ2n) is 7.86. The third kappa shape index (κ3) is 5.43. The summed E-state index contributed by atoms with van der Waals surface area (Å²) in [6, 6.07) is 5.20. The van der Waals surface area contributed by atoms with Gasteiger partial charge in [-0.05, 0) is 51.2 Å². The Bertz CT molecular complexity index is 848. The third-order valence-electron chi connectivity index (χ3n) is 5.96. The second kappa shape index (κ2) is 9.82. The van der Waals surface area contributed by atoms with Gasteiger partial charge in [0.05, 0.1) is 26.2 Å². The van der Waals surface area contributed by atoms with Crippen LogP contribution in [0.5, 0.6) is 0 Å². The highest BCUT2D eigenvalue weighted by molar-refractivity contribution is 7.89. The Labute approximate surface area is 172 Å². The zero-order chi connectivity index (χ0) is 20.9. The van der Waals surface area contributed by atoms with Gasteiger partial charge >= 0.3 is 0 Å². The molecule has 1 aliphatic heterocycles. The molecule has 0 spiro atoms. The number of sulfonamides is 1. The number of halogens is 1. The van der Waals surface area contributed by atoms with Crippen molar-refractivity contribution in [1.29, 1.82) is 0 Å². The van der Waals surface area contributed by atoms with Crippen LogP contribution in [0.1, 0.15) is 39.0 Å². The fourth-order valence-corrected chi connectivity index (χ4v) is 5.56. The molecule has 0 radical (unpaired) electrons. The van der Waals surface area contributed by atoms with E-state index in [0.717, 1.165) is 30.2 Å². The van der Waals surface area contributed by atoms with Gasteiger partial charge in [-0.3, -0.25) is 4.79 Å². The van der Waals surface area contributed by atoms with E-state index in [2.05, 4.69) is 11.4 Å². The molecule has 1 fully saturated rings. The second-order valence-corrected chi connectivity index (χ2v) is 9.77. The number of carbonyl (C=O) groups excluding carboxylic acids is 1. The van der Waals surface area contributed by atoms with E-state index in [-0.39, 0.29) is 29.9 Å². The molecule has 1 saturated heterocycles. The first-order chi connectivity index (χ1) is 13.9. The summed E-state index contributed by atoms with van der Waals surface area (Å²) in [5.74, 6) is -0.732. The van der Waals surface area contributed by atoms with Crippen molar-refractivity contribution in [3.63, 3.8) is 0 Å². The van der Waals surface area contributed by atoms with Crippen molar-refractivity contribution in [3.8, 4) is 0 Å². The summed E-state index contributed by atoms with van der Waals surface area (Å²) in [7, 11) is -3.85. The van der Waals surface area contributed by atoms with Gasteiger partial charge in [-0.2, -0.15) is 4.31 Å². The topological polar surface area (TPSA) is 70.9 Å². The van der Waals surface area contributed by atoms with Crippen LogP contribution in [0.15, 0.2) is 40.8 Å². The zero-order valence-electron chi connectivity index (χ0n) is 17.0. The van der Waals surface area contributed by atoms with Crippen LogP contribution in [0.25, 0.3) is 0 Å². The predicted octanol–water partition coefficient (Wildman–Crippen LogP) is 1.11. The van der Waals surface area contributed by atoms with Crippen LogP contribution in [0.3, 0.4) is 0 Å². The predicted molar refractivity (Wildman–Crippen MR) is 109 cm³/mol. The lowest BCUT2D eigenvalue weighted by Gasteiger charge is -2.34. The van der Waals surface area contributed by atoms with Gasteiger partial charge in [-0.25, -0.2) is 12.8 Å². The van der Waals surface area contributed by atoms with E-state index in [1.54, 1.807) is 0 Å². The van der Waals surface area contributed by atoms with E-state index in [0.29, 0.717) is 19.6 Å². The van der Waals surface area contributed by atoms with Crippen LogP contribution < -0.4 is 10.2 Å². The van der Waals surface area contributed by atoms with Crippen LogP contribution >= 0.6 is 0 Å². The van der Waals surface area contributed by atoms with Crippen molar-refractivity contribution in [3.05, 3.63) is 41.7 Å². The lowest BCUT2D eigenvalue weighted by molar-refractivity contribution is -0.917. The van der Waals surface area contributed by atoms with Crippen LogP contribution in [-0.2, 0) is 14.8 Å². The molecular formula is C21H31FN3O3S+. The molecule has 1 aromatic rings. The number of amides is 1. The van der Waals surface area contributed by atoms with E-state index in [1.165, 1.54) is 40.9 Å². The molecule has 160 valence electrons. The first kappa shape index (κ1) is 21.9. The van der Waals surface area contributed by atoms with Crippen molar-refractivity contribution in [2.45, 2.75) is 50.0 Å². The van der Waals surface area contributed by atoms with Gasteiger partial charge < -0.3 is 10.2 Å². The largest absolute Gasteiger partial charge is 0.351 e. The number of rotatable bonds is 7. The summed E-state index contributed by atoms with van der Waals surface area (Å²) < 4.78 is 40.7. The monoisotopic (exact) mass is 424 g/mol. The first-order valence-corrected chi connectivity index (χ1v) is 11.9. The molecule has 0 aromatic heterocycles. The number of carbonyl (C=O) groups is 1. The molecule has 6 nitrogen and oxygen atoms in total. The maximum Gasteiger partial charge on any atom is 0.278 e. The van der Waals surface area contributed by atoms with Crippen molar-refractivity contribution in [2.24, 2.45) is 0 Å². The van der Waals surface area contributed by atoms with E-state index in [1.807, 2.05) is 6.92 Å². The molecule has 2 aliphatic rings. The molecule has 0 saturated carbocycles. The molecule has 3 rings (SSSR count). The Hall–Kier alpha value is -1.77. The fourth-order valence-electron chi connectivity index (χ4n) is 4.06. The highest BCUT2D eigenvalue weighted by Gasteiger charge is 2.35. The Morgan fingerprint density at radius 2 is 1.97 bits per heavy atom. The first-order valence-electron chi connectivity index (χ1n) is 10.4. The van der Waals surface area contributed by atoms with E-state index in [4.69, 9.17) is 0 Å². The average Bonchev–Trinajstić information content (AvgIpc) is 2.74. The Morgan fingerprint density at radius 3 is 2.62 bits per heavy atom. The Morgan fingerprint density at radius 1 is 1.24 bits per heavy atom. The summed E-state index contributed by atoms with van der Waals surface area (Å²) in [5.41, 5.74) is 1.43. The van der Waals surface area contributed by atoms with Gasteiger partial charge in [-0.1, -0.05) is 23.8 Å².